The van der Waals surface area contributed by atoms with Crippen molar-refractivity contribution in [3.8, 4) is 0 Å². The minimum absolute atomic E-state index is 0.0282. The van der Waals surface area contributed by atoms with Gasteiger partial charge in [0.1, 0.15) is 6.04 Å². The number of carbonyl (C=O) groups is 2. The molecule has 1 rings (SSSR count). The van der Waals surface area contributed by atoms with E-state index in [4.69, 9.17) is 5.11 Å². The van der Waals surface area contributed by atoms with Crippen LogP contribution in [0.15, 0.2) is 0 Å². The number of likely N-dealkylation sites (tertiary alicyclic amines) is 1. The molecule has 0 radical (unpaired) electrons. The first kappa shape index (κ1) is 11.0. The standard InChI is InChI=1S/C9H16N2O3/c12-6-5-11-4-2-1-3-8(9(11)14)10-7-13/h7-8,12H,1-6H2,(H,10,13)/t8-/m0/s1. The third-order valence-electron chi connectivity index (χ3n) is 2.42. The Bertz CT molecular complexity index is 208. The molecule has 0 aromatic carbocycles. The van der Waals surface area contributed by atoms with Crippen LogP contribution in [0.2, 0.25) is 0 Å². The lowest BCUT2D eigenvalue weighted by Crippen LogP contribution is -2.45. The molecule has 0 spiro atoms. The van der Waals surface area contributed by atoms with Gasteiger partial charge < -0.3 is 15.3 Å². The van der Waals surface area contributed by atoms with Crippen LogP contribution in [0.1, 0.15) is 19.3 Å². The molecule has 0 unspecified atom stereocenters. The Morgan fingerprint density at radius 1 is 1.57 bits per heavy atom. The van der Waals surface area contributed by atoms with Gasteiger partial charge in [-0.05, 0) is 19.3 Å². The molecule has 1 saturated heterocycles. The van der Waals surface area contributed by atoms with E-state index in [9.17, 15) is 9.59 Å². The third-order valence-corrected chi connectivity index (χ3v) is 2.42. The zero-order valence-corrected chi connectivity index (χ0v) is 8.11. The fourth-order valence-corrected chi connectivity index (χ4v) is 1.68. The zero-order valence-electron chi connectivity index (χ0n) is 8.11. The highest BCUT2D eigenvalue weighted by Gasteiger charge is 2.25. The van der Waals surface area contributed by atoms with Crippen molar-refractivity contribution in [3.63, 3.8) is 0 Å². The number of amides is 2. The Balaban J connectivity index is 2.58. The molecule has 14 heavy (non-hydrogen) atoms. The molecule has 0 bridgehead atoms. The molecule has 2 amide bonds. The van der Waals surface area contributed by atoms with E-state index in [1.807, 2.05) is 0 Å². The molecular formula is C9H16N2O3. The van der Waals surface area contributed by atoms with E-state index in [1.165, 1.54) is 0 Å². The first-order chi connectivity index (χ1) is 6.79. The molecule has 2 N–H and O–H groups in total. The van der Waals surface area contributed by atoms with Gasteiger partial charge in [-0.1, -0.05) is 0 Å². The Kier molecular flexibility index (Phi) is 4.39. The number of hydrogen-bond donors (Lipinski definition) is 2. The summed E-state index contributed by atoms with van der Waals surface area (Å²) in [5.41, 5.74) is 0. The predicted molar refractivity (Wildman–Crippen MR) is 50.5 cm³/mol. The van der Waals surface area contributed by atoms with Crippen LogP contribution in [0.5, 0.6) is 0 Å². The number of nitrogens with zero attached hydrogens (tertiary/aromatic N) is 1. The van der Waals surface area contributed by atoms with Crippen molar-refractivity contribution in [1.82, 2.24) is 10.2 Å². The van der Waals surface area contributed by atoms with Crippen LogP contribution in [-0.4, -0.2) is 48.1 Å². The molecule has 1 fully saturated rings. The molecule has 1 aliphatic heterocycles. The summed E-state index contributed by atoms with van der Waals surface area (Å²) in [4.78, 5) is 23.6. The summed E-state index contributed by atoms with van der Waals surface area (Å²) in [5.74, 6) is -0.0800. The molecule has 1 aliphatic rings. The van der Waals surface area contributed by atoms with Crippen molar-refractivity contribution in [2.45, 2.75) is 25.3 Å². The van der Waals surface area contributed by atoms with Crippen LogP contribution in [0.4, 0.5) is 0 Å². The van der Waals surface area contributed by atoms with E-state index >= 15 is 0 Å². The number of carbonyl (C=O) groups excluding carboxylic acids is 2. The van der Waals surface area contributed by atoms with Gasteiger partial charge in [-0.3, -0.25) is 9.59 Å². The van der Waals surface area contributed by atoms with E-state index in [0.717, 1.165) is 12.8 Å². The van der Waals surface area contributed by atoms with E-state index in [0.29, 0.717) is 25.9 Å². The summed E-state index contributed by atoms with van der Waals surface area (Å²) >= 11 is 0. The van der Waals surface area contributed by atoms with Crippen molar-refractivity contribution in [3.05, 3.63) is 0 Å². The average Bonchev–Trinajstić information content (AvgIpc) is 2.34. The van der Waals surface area contributed by atoms with Gasteiger partial charge in [0, 0.05) is 13.1 Å². The molecule has 5 nitrogen and oxygen atoms in total. The minimum Gasteiger partial charge on any atom is -0.395 e. The molecule has 0 aliphatic carbocycles. The lowest BCUT2D eigenvalue weighted by Gasteiger charge is -2.22. The maximum Gasteiger partial charge on any atom is 0.245 e. The minimum atomic E-state index is -0.401. The van der Waals surface area contributed by atoms with Gasteiger partial charge in [0.2, 0.25) is 12.3 Å². The fourth-order valence-electron chi connectivity index (χ4n) is 1.68. The number of aliphatic hydroxyl groups excluding tert-OH is 1. The van der Waals surface area contributed by atoms with Gasteiger partial charge in [-0.15, -0.1) is 0 Å². The molecular weight excluding hydrogens is 184 g/mol. The van der Waals surface area contributed by atoms with Crippen LogP contribution < -0.4 is 5.32 Å². The normalized spacial score (nSPS) is 23.1. The summed E-state index contributed by atoms with van der Waals surface area (Å²) in [6.07, 6.45) is 3.12. The summed E-state index contributed by atoms with van der Waals surface area (Å²) < 4.78 is 0. The predicted octanol–water partition coefficient (Wildman–Crippen LogP) is -0.894. The first-order valence-electron chi connectivity index (χ1n) is 4.89. The fraction of sp³-hybridized carbons (Fsp3) is 0.778. The summed E-state index contributed by atoms with van der Waals surface area (Å²) in [5, 5.41) is 11.3. The quantitative estimate of drug-likeness (QED) is 0.578. The molecule has 0 saturated carbocycles. The second kappa shape index (κ2) is 5.59. The SMILES string of the molecule is O=CN[C@H]1CCCCN(CCO)C1=O. The van der Waals surface area contributed by atoms with E-state index in [1.54, 1.807) is 4.90 Å². The average molecular weight is 200 g/mol. The Morgan fingerprint density at radius 2 is 2.36 bits per heavy atom. The van der Waals surface area contributed by atoms with Crippen LogP contribution >= 0.6 is 0 Å². The molecule has 1 heterocycles. The van der Waals surface area contributed by atoms with Gasteiger partial charge in [-0.2, -0.15) is 0 Å². The highest BCUT2D eigenvalue weighted by molar-refractivity contribution is 5.83. The number of β-amino-alcohol motifs (C(OH)–C–C–N with tert-alkyl or cyclic N) is 1. The molecule has 5 heteroatoms. The smallest absolute Gasteiger partial charge is 0.245 e. The van der Waals surface area contributed by atoms with Gasteiger partial charge in [0.05, 0.1) is 6.61 Å². The maximum atomic E-state index is 11.7. The molecule has 0 aromatic heterocycles. The summed E-state index contributed by atoms with van der Waals surface area (Å²) in [6.45, 7) is 1.01. The number of hydrogen-bond acceptors (Lipinski definition) is 3. The van der Waals surface area contributed by atoms with Crippen molar-refractivity contribution in [1.29, 1.82) is 0 Å². The maximum absolute atomic E-state index is 11.7. The van der Waals surface area contributed by atoms with Gasteiger partial charge >= 0.3 is 0 Å². The van der Waals surface area contributed by atoms with Gasteiger partial charge in [0.15, 0.2) is 0 Å². The molecule has 80 valence electrons. The third kappa shape index (κ3) is 2.70. The van der Waals surface area contributed by atoms with E-state index in [2.05, 4.69) is 5.32 Å². The Labute approximate surface area is 83.1 Å². The van der Waals surface area contributed by atoms with Crippen LogP contribution in [-0.2, 0) is 9.59 Å². The second-order valence-corrected chi connectivity index (χ2v) is 3.38. The highest BCUT2D eigenvalue weighted by atomic mass is 16.3. The van der Waals surface area contributed by atoms with Crippen molar-refractivity contribution in [2.24, 2.45) is 0 Å². The Hall–Kier alpha value is -1.10. The zero-order chi connectivity index (χ0) is 10.4. The first-order valence-corrected chi connectivity index (χ1v) is 4.89. The van der Waals surface area contributed by atoms with Crippen LogP contribution in [0.25, 0.3) is 0 Å². The van der Waals surface area contributed by atoms with Crippen LogP contribution in [0, 0.1) is 0 Å². The van der Waals surface area contributed by atoms with E-state index in [-0.39, 0.29) is 12.5 Å². The summed E-state index contributed by atoms with van der Waals surface area (Å²) in [6, 6.07) is -0.401. The number of nitrogens with one attached hydrogen (secondary N) is 1. The van der Waals surface area contributed by atoms with Crippen LogP contribution in [0.3, 0.4) is 0 Å². The van der Waals surface area contributed by atoms with Gasteiger partial charge in [0.25, 0.3) is 0 Å². The second-order valence-electron chi connectivity index (χ2n) is 3.38. The van der Waals surface area contributed by atoms with Gasteiger partial charge in [-0.25, -0.2) is 0 Å². The monoisotopic (exact) mass is 200 g/mol. The number of aliphatic hydroxyl groups is 1. The lowest BCUT2D eigenvalue weighted by molar-refractivity contribution is -0.134. The Morgan fingerprint density at radius 3 is 3.00 bits per heavy atom. The number of rotatable bonds is 4. The summed E-state index contributed by atoms with van der Waals surface area (Å²) in [7, 11) is 0. The largest absolute Gasteiger partial charge is 0.395 e. The lowest BCUT2D eigenvalue weighted by atomic mass is 10.1. The van der Waals surface area contributed by atoms with Crippen molar-refractivity contribution >= 4 is 12.3 Å². The van der Waals surface area contributed by atoms with E-state index < -0.39 is 6.04 Å². The molecule has 1 atom stereocenters. The molecule has 0 aromatic rings. The van der Waals surface area contributed by atoms with Crippen molar-refractivity contribution in [2.75, 3.05) is 19.7 Å². The van der Waals surface area contributed by atoms with Crippen molar-refractivity contribution < 1.29 is 14.7 Å². The topological polar surface area (TPSA) is 69.6 Å². The highest BCUT2D eigenvalue weighted by Crippen LogP contribution is 2.11.